The fraction of sp³-hybridized carbons (Fsp3) is 0.556. The molecule has 75 valence electrons. The van der Waals surface area contributed by atoms with E-state index in [1.165, 1.54) is 6.08 Å². The minimum Gasteiger partial charge on any atom is -0.481 e. The first kappa shape index (κ1) is 16.1. The number of unbranched alkanes of at least 4 members (excludes halogenated alkanes) is 2. The van der Waals surface area contributed by atoms with Crippen molar-refractivity contribution in [1.82, 2.24) is 0 Å². The Hall–Kier alpha value is -0.320. The van der Waals surface area contributed by atoms with Gasteiger partial charge < -0.3 is 10.2 Å². The molecule has 0 heterocycles. The number of carbonyl (C=O) groups is 2. The molecule has 0 aliphatic carbocycles. The van der Waals surface area contributed by atoms with Crippen molar-refractivity contribution in [3.8, 4) is 0 Å². The van der Waals surface area contributed by atoms with Gasteiger partial charge >= 0.3 is 11.9 Å². The molecular weight excluding hydrogens is 195 g/mol. The van der Waals surface area contributed by atoms with Crippen LogP contribution in [0.15, 0.2) is 11.6 Å². The van der Waals surface area contributed by atoms with Gasteiger partial charge in [0, 0.05) is 35.1 Å². The zero-order valence-corrected chi connectivity index (χ0v) is 10.6. The molecule has 0 aromatic carbocycles. The van der Waals surface area contributed by atoms with Crippen LogP contribution in [-0.4, -0.2) is 51.7 Å². The number of rotatable bonds is 6. The Labute approximate surface area is 105 Å². The summed E-state index contributed by atoms with van der Waals surface area (Å²) in [6.07, 6.45) is 3.57. The number of hydrogen-bond acceptors (Lipinski definition) is 2. The van der Waals surface area contributed by atoms with E-state index in [1.54, 1.807) is 0 Å². The SMILES string of the molecule is CCCCC=C(CC(=O)O)C(=O)O.[Na]. The third-order valence-corrected chi connectivity index (χ3v) is 1.56. The van der Waals surface area contributed by atoms with Crippen molar-refractivity contribution in [3.63, 3.8) is 0 Å². The Morgan fingerprint density at radius 1 is 1.29 bits per heavy atom. The molecule has 0 rings (SSSR count). The Morgan fingerprint density at radius 3 is 2.21 bits per heavy atom. The molecule has 0 atom stereocenters. The van der Waals surface area contributed by atoms with Crippen LogP contribution in [-0.2, 0) is 9.59 Å². The smallest absolute Gasteiger partial charge is 0.331 e. The largest absolute Gasteiger partial charge is 0.481 e. The molecule has 5 heteroatoms. The van der Waals surface area contributed by atoms with E-state index in [0.717, 1.165) is 12.8 Å². The van der Waals surface area contributed by atoms with E-state index in [9.17, 15) is 9.59 Å². The van der Waals surface area contributed by atoms with Gasteiger partial charge in [-0.3, -0.25) is 4.79 Å². The van der Waals surface area contributed by atoms with Crippen LogP contribution in [0.3, 0.4) is 0 Å². The quantitative estimate of drug-likeness (QED) is 0.392. The van der Waals surface area contributed by atoms with Gasteiger partial charge in [0.05, 0.1) is 6.42 Å². The molecule has 1 radical (unpaired) electrons. The van der Waals surface area contributed by atoms with Gasteiger partial charge in [0.2, 0.25) is 0 Å². The normalized spacial score (nSPS) is 10.5. The second-order valence-electron chi connectivity index (χ2n) is 2.75. The van der Waals surface area contributed by atoms with E-state index in [2.05, 4.69) is 0 Å². The number of carboxylic acids is 2. The molecule has 0 fully saturated rings. The molecule has 0 amide bonds. The Balaban J connectivity index is 0. The zero-order chi connectivity index (χ0) is 10.3. The first-order valence-corrected chi connectivity index (χ1v) is 4.22. The molecule has 0 aliphatic rings. The van der Waals surface area contributed by atoms with Crippen LogP contribution in [0, 0.1) is 0 Å². The Kier molecular flexibility index (Phi) is 10.6. The van der Waals surface area contributed by atoms with Gasteiger partial charge in [0.1, 0.15) is 0 Å². The molecule has 0 spiro atoms. The van der Waals surface area contributed by atoms with Crippen LogP contribution in [0.2, 0.25) is 0 Å². The van der Waals surface area contributed by atoms with Crippen LogP contribution >= 0.6 is 0 Å². The number of allylic oxidation sites excluding steroid dienone is 1. The van der Waals surface area contributed by atoms with E-state index in [0.29, 0.717) is 6.42 Å². The van der Waals surface area contributed by atoms with Crippen LogP contribution in [0.5, 0.6) is 0 Å². The van der Waals surface area contributed by atoms with Crippen molar-refractivity contribution in [3.05, 3.63) is 11.6 Å². The molecule has 0 aliphatic heterocycles. The summed E-state index contributed by atoms with van der Waals surface area (Å²) in [5, 5.41) is 17.0. The molecule has 0 unspecified atom stereocenters. The Morgan fingerprint density at radius 2 is 1.86 bits per heavy atom. The van der Waals surface area contributed by atoms with Gasteiger partial charge in [-0.25, -0.2) is 4.79 Å². The summed E-state index contributed by atoms with van der Waals surface area (Å²) in [5.41, 5.74) is -0.0269. The van der Waals surface area contributed by atoms with Crippen molar-refractivity contribution in [2.75, 3.05) is 0 Å². The number of aliphatic carboxylic acids is 2. The molecule has 4 nitrogen and oxygen atoms in total. The average Bonchev–Trinajstić information content (AvgIpc) is 2.02. The molecule has 0 bridgehead atoms. The van der Waals surface area contributed by atoms with Crippen molar-refractivity contribution < 1.29 is 19.8 Å². The van der Waals surface area contributed by atoms with Gasteiger partial charge in [-0.05, 0) is 6.42 Å². The second kappa shape index (κ2) is 9.24. The van der Waals surface area contributed by atoms with Crippen LogP contribution in [0.4, 0.5) is 0 Å². The fourth-order valence-electron chi connectivity index (χ4n) is 0.878. The zero-order valence-electron chi connectivity index (χ0n) is 8.62. The maximum Gasteiger partial charge on any atom is 0.331 e. The van der Waals surface area contributed by atoms with Crippen LogP contribution in [0.25, 0.3) is 0 Å². The third kappa shape index (κ3) is 8.29. The predicted octanol–water partition coefficient (Wildman–Crippen LogP) is 1.28. The van der Waals surface area contributed by atoms with E-state index >= 15 is 0 Å². The van der Waals surface area contributed by atoms with Gasteiger partial charge in [-0.1, -0.05) is 25.8 Å². The van der Waals surface area contributed by atoms with Crippen molar-refractivity contribution >= 4 is 41.5 Å². The summed E-state index contributed by atoms with van der Waals surface area (Å²) in [6, 6.07) is 0. The summed E-state index contributed by atoms with van der Waals surface area (Å²) in [6.45, 7) is 1.99. The van der Waals surface area contributed by atoms with E-state index in [4.69, 9.17) is 10.2 Å². The molecule has 2 N–H and O–H groups in total. The van der Waals surface area contributed by atoms with Crippen LogP contribution < -0.4 is 0 Å². The molecule has 0 saturated heterocycles. The number of hydrogen-bond donors (Lipinski definition) is 2. The topological polar surface area (TPSA) is 74.6 Å². The van der Waals surface area contributed by atoms with Crippen LogP contribution in [0.1, 0.15) is 32.6 Å². The van der Waals surface area contributed by atoms with Gasteiger partial charge in [-0.2, -0.15) is 0 Å². The summed E-state index contributed by atoms with van der Waals surface area (Å²) in [7, 11) is 0. The fourth-order valence-corrected chi connectivity index (χ4v) is 0.878. The standard InChI is InChI=1S/C9H14O4.Na/c1-2-3-4-5-7(9(12)13)6-8(10)11;/h5H,2-4,6H2,1H3,(H,10,11)(H,12,13);. The van der Waals surface area contributed by atoms with Gasteiger partial charge in [0.15, 0.2) is 0 Å². The van der Waals surface area contributed by atoms with Gasteiger partial charge in [-0.15, -0.1) is 0 Å². The maximum atomic E-state index is 10.5. The maximum absolute atomic E-state index is 10.5. The van der Waals surface area contributed by atoms with Crippen molar-refractivity contribution in [2.45, 2.75) is 32.6 Å². The summed E-state index contributed by atoms with van der Waals surface area (Å²) in [5.74, 6) is -2.25. The predicted molar refractivity (Wildman–Crippen MR) is 53.3 cm³/mol. The first-order valence-electron chi connectivity index (χ1n) is 4.22. The molecule has 0 aromatic rings. The first-order chi connectivity index (χ1) is 6.07. The minimum absolute atomic E-state index is 0. The number of carboxylic acid groups (broad SMARTS) is 2. The third-order valence-electron chi connectivity index (χ3n) is 1.56. The monoisotopic (exact) mass is 209 g/mol. The Bertz CT molecular complexity index is 223. The van der Waals surface area contributed by atoms with E-state index < -0.39 is 18.4 Å². The summed E-state index contributed by atoms with van der Waals surface area (Å²) >= 11 is 0. The molecule has 14 heavy (non-hydrogen) atoms. The van der Waals surface area contributed by atoms with E-state index in [1.807, 2.05) is 6.92 Å². The van der Waals surface area contributed by atoms with E-state index in [-0.39, 0.29) is 35.1 Å². The molecular formula is C9H14NaO4. The van der Waals surface area contributed by atoms with Crippen molar-refractivity contribution in [1.29, 1.82) is 0 Å². The summed E-state index contributed by atoms with van der Waals surface area (Å²) < 4.78 is 0. The summed E-state index contributed by atoms with van der Waals surface area (Å²) in [4.78, 5) is 20.7. The van der Waals surface area contributed by atoms with Gasteiger partial charge in [0.25, 0.3) is 0 Å². The molecule has 0 saturated carbocycles. The minimum atomic E-state index is -1.14. The average molecular weight is 209 g/mol. The molecule has 0 aromatic heterocycles. The second-order valence-corrected chi connectivity index (χ2v) is 2.75. The van der Waals surface area contributed by atoms with Crippen molar-refractivity contribution in [2.24, 2.45) is 0 Å².